The maximum absolute atomic E-state index is 13.3. The van der Waals surface area contributed by atoms with Crippen LogP contribution in [0.25, 0.3) is 0 Å². The normalized spacial score (nSPS) is 42.9. The van der Waals surface area contributed by atoms with E-state index < -0.39 is 65.7 Å². The van der Waals surface area contributed by atoms with Crippen LogP contribution in [0.4, 0.5) is 4.79 Å². The first kappa shape index (κ1) is 23.2. The second kappa shape index (κ2) is 7.01. The van der Waals surface area contributed by atoms with E-state index in [-0.39, 0.29) is 6.10 Å². The summed E-state index contributed by atoms with van der Waals surface area (Å²) >= 11 is 0. The van der Waals surface area contributed by atoms with Crippen molar-refractivity contribution in [1.29, 1.82) is 0 Å². The van der Waals surface area contributed by atoms with Crippen molar-refractivity contribution in [3.05, 3.63) is 0 Å². The molecule has 0 aromatic rings. The maximum Gasteiger partial charge on any atom is 0.413 e. The van der Waals surface area contributed by atoms with Crippen molar-refractivity contribution in [1.82, 2.24) is 4.90 Å². The molecule has 0 unspecified atom stereocenters. The third kappa shape index (κ3) is 4.20. The Morgan fingerprint density at radius 3 is 1.90 bits per heavy atom. The molecule has 1 amide bonds. The Balaban J connectivity index is 1.69. The van der Waals surface area contributed by atoms with E-state index >= 15 is 0 Å². The molecule has 4 aliphatic heterocycles. The summed E-state index contributed by atoms with van der Waals surface area (Å²) < 4.78 is 43.0. The Morgan fingerprint density at radius 2 is 1.32 bits per heavy atom. The molecule has 0 aliphatic carbocycles. The molecule has 0 radical (unpaired) electrons. The number of carbonyl (C=O) groups is 1. The van der Waals surface area contributed by atoms with Crippen LogP contribution in [0.2, 0.25) is 0 Å². The van der Waals surface area contributed by atoms with E-state index in [0.717, 1.165) is 0 Å². The molecule has 0 N–H and O–H groups in total. The van der Waals surface area contributed by atoms with Crippen LogP contribution in [0.5, 0.6) is 0 Å². The summed E-state index contributed by atoms with van der Waals surface area (Å²) in [4.78, 5) is 14.9. The summed E-state index contributed by atoms with van der Waals surface area (Å²) in [5, 5.41) is 0. The van der Waals surface area contributed by atoms with Crippen LogP contribution < -0.4 is 0 Å². The van der Waals surface area contributed by atoms with Gasteiger partial charge in [-0.15, -0.1) is 0 Å². The smallest absolute Gasteiger partial charge is 0.413 e. The van der Waals surface area contributed by atoms with Crippen LogP contribution in [0.15, 0.2) is 0 Å². The number of hydrogen-bond acceptors (Lipinski definition) is 8. The van der Waals surface area contributed by atoms with Gasteiger partial charge in [0.25, 0.3) is 0 Å². The molecule has 0 saturated carbocycles. The first-order valence-electron chi connectivity index (χ1n) is 11.1. The molecule has 0 spiro atoms. The number of fused-ring (bicyclic) bond motifs is 3. The van der Waals surface area contributed by atoms with Gasteiger partial charge in [-0.1, -0.05) is 0 Å². The molecule has 4 heterocycles. The number of amides is 1. The van der Waals surface area contributed by atoms with Crippen molar-refractivity contribution in [2.24, 2.45) is 0 Å². The van der Waals surface area contributed by atoms with E-state index in [1.165, 1.54) is 0 Å². The van der Waals surface area contributed by atoms with E-state index in [1.54, 1.807) is 4.90 Å². The van der Waals surface area contributed by atoms with Gasteiger partial charge in [-0.3, -0.25) is 4.90 Å². The Morgan fingerprint density at radius 1 is 0.806 bits per heavy atom. The van der Waals surface area contributed by atoms with Gasteiger partial charge in [0.1, 0.15) is 35.7 Å². The highest BCUT2D eigenvalue weighted by Gasteiger charge is 2.65. The Hall–Kier alpha value is -0.970. The van der Waals surface area contributed by atoms with Crippen molar-refractivity contribution in [3.63, 3.8) is 0 Å². The molecule has 4 aliphatic rings. The molecule has 0 bridgehead atoms. The third-order valence-electron chi connectivity index (χ3n) is 5.95. The second-order valence-electron chi connectivity index (χ2n) is 11.2. The number of rotatable bonds is 1. The predicted molar refractivity (Wildman–Crippen MR) is 109 cm³/mol. The SMILES string of the molecule is C[C@@H]1OC(C)(C)N(C(=O)OC(C)(C)C)[C@H]1[C@H]1O[C@@H]2OC(C)(C)O[C@@H]2[C@H]2OC(C)(C)O[C@H]21. The second-order valence-corrected chi connectivity index (χ2v) is 11.2. The number of carbonyl (C=O) groups excluding carboxylic acids is 1. The van der Waals surface area contributed by atoms with E-state index in [2.05, 4.69) is 0 Å². The molecule has 4 saturated heterocycles. The maximum atomic E-state index is 13.3. The fourth-order valence-corrected chi connectivity index (χ4v) is 5.13. The lowest BCUT2D eigenvalue weighted by molar-refractivity contribution is -0.245. The molecule has 178 valence electrons. The molecule has 31 heavy (non-hydrogen) atoms. The molecular weight excluding hydrogens is 406 g/mol. The number of nitrogens with zero attached hydrogens (tertiary/aromatic N) is 1. The van der Waals surface area contributed by atoms with E-state index in [9.17, 15) is 4.79 Å². The van der Waals surface area contributed by atoms with Gasteiger partial charge in [0.15, 0.2) is 17.9 Å². The van der Waals surface area contributed by atoms with Gasteiger partial charge in [-0.05, 0) is 69.2 Å². The molecule has 9 nitrogen and oxygen atoms in total. The Bertz CT molecular complexity index is 730. The lowest BCUT2D eigenvalue weighted by Gasteiger charge is -2.44. The first-order valence-corrected chi connectivity index (χ1v) is 11.1. The predicted octanol–water partition coefficient (Wildman–Crippen LogP) is 3.14. The minimum absolute atomic E-state index is 0.327. The summed E-state index contributed by atoms with van der Waals surface area (Å²) in [7, 11) is 0. The van der Waals surface area contributed by atoms with Crippen molar-refractivity contribution >= 4 is 6.09 Å². The summed E-state index contributed by atoms with van der Waals surface area (Å²) in [6.45, 7) is 18.6. The molecule has 4 fully saturated rings. The highest BCUT2D eigenvalue weighted by molar-refractivity contribution is 5.70. The van der Waals surface area contributed by atoms with Gasteiger partial charge in [-0.25, -0.2) is 4.79 Å². The van der Waals surface area contributed by atoms with Gasteiger partial charge < -0.3 is 33.2 Å². The molecular formula is C22H37NO8. The molecule has 9 heteroatoms. The Labute approximate surface area is 184 Å². The van der Waals surface area contributed by atoms with Gasteiger partial charge >= 0.3 is 6.09 Å². The zero-order valence-corrected chi connectivity index (χ0v) is 20.3. The topological polar surface area (TPSA) is 84.9 Å². The Kier molecular flexibility index (Phi) is 5.25. The van der Waals surface area contributed by atoms with E-state index in [0.29, 0.717) is 0 Å². The highest BCUT2D eigenvalue weighted by atomic mass is 16.9. The fraction of sp³-hybridized carbons (Fsp3) is 0.955. The highest BCUT2D eigenvalue weighted by Crippen LogP contribution is 2.47. The van der Waals surface area contributed by atoms with Crippen molar-refractivity contribution < 1.29 is 38.0 Å². The summed E-state index contributed by atoms with van der Waals surface area (Å²) in [5.74, 6) is -1.64. The quantitative estimate of drug-likeness (QED) is 0.611. The fourth-order valence-electron chi connectivity index (χ4n) is 5.13. The van der Waals surface area contributed by atoms with Crippen LogP contribution in [0.1, 0.15) is 69.2 Å². The minimum atomic E-state index is -0.886. The lowest BCUT2D eigenvalue weighted by Crippen LogP contribution is -2.64. The monoisotopic (exact) mass is 443 g/mol. The standard InChI is InChI=1S/C22H37NO8/c1-11-12(23(20(5,6)26-11)18(24)31-19(2,3)4)13-14-15(28-21(7,8)27-14)16-17(25-13)30-22(9,10)29-16/h11-17H,1-10H3/t11-,12+,13+,14-,15-,16+,17+/m0/s1. The third-order valence-corrected chi connectivity index (χ3v) is 5.95. The zero-order valence-electron chi connectivity index (χ0n) is 20.3. The zero-order chi connectivity index (χ0) is 23.1. The summed E-state index contributed by atoms with van der Waals surface area (Å²) in [6, 6.07) is -0.469. The lowest BCUT2D eigenvalue weighted by atomic mass is 9.91. The molecule has 0 aromatic carbocycles. The van der Waals surface area contributed by atoms with Crippen LogP contribution in [-0.2, 0) is 33.2 Å². The number of ether oxygens (including phenoxy) is 7. The van der Waals surface area contributed by atoms with Crippen LogP contribution in [0, 0.1) is 0 Å². The van der Waals surface area contributed by atoms with Crippen molar-refractivity contribution in [2.75, 3.05) is 0 Å². The van der Waals surface area contributed by atoms with Gasteiger partial charge in [0, 0.05) is 0 Å². The number of hydrogen-bond donors (Lipinski definition) is 0. The van der Waals surface area contributed by atoms with Crippen LogP contribution in [-0.4, -0.2) is 76.7 Å². The average molecular weight is 444 g/mol. The largest absolute Gasteiger partial charge is 0.444 e. The van der Waals surface area contributed by atoms with Crippen LogP contribution in [0.3, 0.4) is 0 Å². The molecule has 4 rings (SSSR count). The van der Waals surface area contributed by atoms with Gasteiger partial charge in [0.2, 0.25) is 0 Å². The van der Waals surface area contributed by atoms with Crippen LogP contribution >= 0.6 is 0 Å². The molecule has 7 atom stereocenters. The van der Waals surface area contributed by atoms with Crippen molar-refractivity contribution in [3.8, 4) is 0 Å². The molecule has 0 aromatic heterocycles. The summed E-state index contributed by atoms with van der Waals surface area (Å²) in [5.41, 5.74) is -1.53. The summed E-state index contributed by atoms with van der Waals surface area (Å²) in [6.07, 6.45) is -3.30. The minimum Gasteiger partial charge on any atom is -0.444 e. The van der Waals surface area contributed by atoms with Gasteiger partial charge in [0.05, 0.1) is 12.1 Å². The van der Waals surface area contributed by atoms with Crippen molar-refractivity contribution in [2.45, 2.75) is 135 Å². The first-order chi connectivity index (χ1) is 14.0. The van der Waals surface area contributed by atoms with E-state index in [4.69, 9.17) is 33.2 Å². The van der Waals surface area contributed by atoms with Gasteiger partial charge in [-0.2, -0.15) is 0 Å². The van der Waals surface area contributed by atoms with E-state index in [1.807, 2.05) is 69.2 Å². The average Bonchev–Trinajstić information content (AvgIpc) is 3.10.